The number of amides is 1. The minimum atomic E-state index is -0.888. The normalized spacial score (nSPS) is 18.5. The number of alkyl carbamates (subject to hydrolysis) is 1. The number of benzene rings is 2. The predicted molar refractivity (Wildman–Crippen MR) is 115 cm³/mol. The van der Waals surface area contributed by atoms with Crippen molar-refractivity contribution in [1.82, 2.24) is 5.32 Å². The molecule has 2 aromatic rings. The molecule has 0 fully saturated rings. The maximum absolute atomic E-state index is 15.4. The molecule has 6 heteroatoms. The number of ether oxygens (including phenoxy) is 2. The van der Waals surface area contributed by atoms with Crippen molar-refractivity contribution in [3.8, 4) is 5.75 Å². The highest BCUT2D eigenvalue weighted by molar-refractivity contribution is 14.1. The molecule has 2 aromatic carbocycles. The van der Waals surface area contributed by atoms with Gasteiger partial charge < -0.3 is 14.8 Å². The van der Waals surface area contributed by atoms with Crippen LogP contribution in [-0.4, -0.2) is 13.1 Å². The molecule has 0 aliphatic heterocycles. The molecule has 0 aromatic heterocycles. The molecule has 1 unspecified atom stereocenters. The Balaban J connectivity index is 2.00. The molecule has 0 saturated carbocycles. The SMILES string of the molecule is CNC(=O)OC1(C(C)(C)C)CCc2c1cc(I)c(OCc1ccccc1)c2F. The highest BCUT2D eigenvalue weighted by atomic mass is 127. The number of nitrogens with one attached hydrogen (secondary N) is 1. The van der Waals surface area contributed by atoms with Crippen LogP contribution in [0.1, 0.15) is 43.9 Å². The van der Waals surface area contributed by atoms with Crippen LogP contribution in [0.15, 0.2) is 36.4 Å². The Hall–Kier alpha value is -1.83. The molecule has 0 radical (unpaired) electrons. The smallest absolute Gasteiger partial charge is 0.407 e. The summed E-state index contributed by atoms with van der Waals surface area (Å²) in [4.78, 5) is 12.1. The van der Waals surface area contributed by atoms with Gasteiger partial charge in [-0.05, 0) is 52.6 Å². The van der Waals surface area contributed by atoms with E-state index in [1.54, 1.807) is 0 Å². The van der Waals surface area contributed by atoms with Gasteiger partial charge in [-0.25, -0.2) is 9.18 Å². The summed E-state index contributed by atoms with van der Waals surface area (Å²) in [6.07, 6.45) is 0.519. The molecule has 0 saturated heterocycles. The summed E-state index contributed by atoms with van der Waals surface area (Å²) in [5.41, 5.74) is 0.999. The third kappa shape index (κ3) is 3.71. The average Bonchev–Trinajstić information content (AvgIpc) is 3.02. The quantitative estimate of drug-likeness (QED) is 0.564. The maximum atomic E-state index is 15.4. The highest BCUT2D eigenvalue weighted by Crippen LogP contribution is 2.53. The number of halogens is 2. The van der Waals surface area contributed by atoms with E-state index in [4.69, 9.17) is 9.47 Å². The molecular weight excluding hydrogens is 472 g/mol. The summed E-state index contributed by atoms with van der Waals surface area (Å²) in [6, 6.07) is 11.6. The highest BCUT2D eigenvalue weighted by Gasteiger charge is 2.52. The maximum Gasteiger partial charge on any atom is 0.407 e. The van der Waals surface area contributed by atoms with Crippen LogP contribution in [0, 0.1) is 14.8 Å². The zero-order chi connectivity index (χ0) is 20.5. The van der Waals surface area contributed by atoms with Crippen LogP contribution >= 0.6 is 22.6 Å². The van der Waals surface area contributed by atoms with Crippen LogP contribution in [0.2, 0.25) is 0 Å². The van der Waals surface area contributed by atoms with Crippen molar-refractivity contribution in [2.75, 3.05) is 7.05 Å². The van der Waals surface area contributed by atoms with E-state index in [0.717, 1.165) is 11.1 Å². The number of carbonyl (C=O) groups excluding carboxylic acids is 1. The molecule has 3 rings (SSSR count). The summed E-state index contributed by atoms with van der Waals surface area (Å²) in [7, 11) is 1.53. The van der Waals surface area contributed by atoms with E-state index in [0.29, 0.717) is 28.6 Å². The van der Waals surface area contributed by atoms with Gasteiger partial charge in [-0.1, -0.05) is 51.1 Å². The van der Waals surface area contributed by atoms with Gasteiger partial charge in [-0.3, -0.25) is 0 Å². The average molecular weight is 497 g/mol. The number of hydrogen-bond acceptors (Lipinski definition) is 3. The first kappa shape index (κ1) is 20.9. The molecule has 0 heterocycles. The van der Waals surface area contributed by atoms with Crippen LogP contribution in [0.4, 0.5) is 9.18 Å². The van der Waals surface area contributed by atoms with Crippen molar-refractivity contribution in [2.45, 2.75) is 45.8 Å². The molecule has 28 heavy (non-hydrogen) atoms. The van der Waals surface area contributed by atoms with Crippen LogP contribution in [-0.2, 0) is 23.4 Å². The molecule has 1 atom stereocenters. The van der Waals surface area contributed by atoms with Gasteiger partial charge in [0.2, 0.25) is 0 Å². The van der Waals surface area contributed by atoms with Gasteiger partial charge in [-0.15, -0.1) is 0 Å². The van der Waals surface area contributed by atoms with Crippen molar-refractivity contribution in [2.24, 2.45) is 5.41 Å². The number of rotatable bonds is 4. The first-order valence-electron chi connectivity index (χ1n) is 9.28. The zero-order valence-corrected chi connectivity index (χ0v) is 18.7. The second kappa shape index (κ2) is 7.89. The molecule has 1 amide bonds. The van der Waals surface area contributed by atoms with Gasteiger partial charge >= 0.3 is 6.09 Å². The molecular formula is C22H25FINO3. The Morgan fingerprint density at radius 1 is 1.29 bits per heavy atom. The Bertz CT molecular complexity index is 880. The first-order chi connectivity index (χ1) is 13.2. The lowest BCUT2D eigenvalue weighted by Gasteiger charge is -2.41. The van der Waals surface area contributed by atoms with Crippen molar-refractivity contribution < 1.29 is 18.7 Å². The van der Waals surface area contributed by atoms with E-state index < -0.39 is 17.1 Å². The van der Waals surface area contributed by atoms with Crippen LogP contribution < -0.4 is 10.1 Å². The second-order valence-electron chi connectivity index (χ2n) is 8.02. The minimum Gasteiger partial charge on any atom is -0.485 e. The first-order valence-corrected chi connectivity index (χ1v) is 10.4. The Morgan fingerprint density at radius 3 is 2.57 bits per heavy atom. The largest absolute Gasteiger partial charge is 0.485 e. The lowest BCUT2D eigenvalue weighted by atomic mass is 9.72. The topological polar surface area (TPSA) is 47.6 Å². The Labute approximate surface area is 178 Å². The van der Waals surface area contributed by atoms with Gasteiger partial charge in [0.25, 0.3) is 0 Å². The summed E-state index contributed by atoms with van der Waals surface area (Å²) >= 11 is 2.09. The predicted octanol–water partition coefficient (Wildman–Crippen LogP) is 5.55. The van der Waals surface area contributed by atoms with Crippen LogP contribution in [0.3, 0.4) is 0 Å². The lowest BCUT2D eigenvalue weighted by Crippen LogP contribution is -2.44. The molecule has 150 valence electrons. The Kier molecular flexibility index (Phi) is 5.89. The van der Waals surface area contributed by atoms with E-state index >= 15 is 4.39 Å². The zero-order valence-electron chi connectivity index (χ0n) is 16.6. The van der Waals surface area contributed by atoms with E-state index in [-0.39, 0.29) is 11.6 Å². The fourth-order valence-electron chi connectivity index (χ4n) is 3.79. The second-order valence-corrected chi connectivity index (χ2v) is 9.18. The summed E-state index contributed by atoms with van der Waals surface area (Å²) in [6.45, 7) is 6.33. The third-order valence-corrected chi connectivity index (χ3v) is 6.15. The molecule has 1 N–H and O–H groups in total. The summed E-state index contributed by atoms with van der Waals surface area (Å²) < 4.78 is 27.8. The lowest BCUT2D eigenvalue weighted by molar-refractivity contribution is -0.0722. The third-order valence-electron chi connectivity index (χ3n) is 5.35. The van der Waals surface area contributed by atoms with Crippen molar-refractivity contribution in [3.63, 3.8) is 0 Å². The minimum absolute atomic E-state index is 0.257. The fraction of sp³-hybridized carbons (Fsp3) is 0.409. The molecule has 0 bridgehead atoms. The standard InChI is InChI=1S/C22H25FINO3/c1-21(2,3)22(28-20(26)25-4)11-10-15-16(22)12-17(24)19(18(15)23)27-13-14-8-6-5-7-9-14/h5-9,12H,10-11,13H2,1-4H3,(H,25,26). The van der Waals surface area contributed by atoms with Gasteiger partial charge in [-0.2, -0.15) is 0 Å². The number of carbonyl (C=O) groups is 1. The monoisotopic (exact) mass is 497 g/mol. The summed E-state index contributed by atoms with van der Waals surface area (Å²) in [5, 5.41) is 2.52. The summed E-state index contributed by atoms with van der Waals surface area (Å²) in [5.74, 6) is -0.0997. The van der Waals surface area contributed by atoms with E-state index in [2.05, 4.69) is 27.9 Å². The van der Waals surface area contributed by atoms with Crippen molar-refractivity contribution in [1.29, 1.82) is 0 Å². The van der Waals surface area contributed by atoms with Crippen molar-refractivity contribution >= 4 is 28.7 Å². The van der Waals surface area contributed by atoms with Crippen LogP contribution in [0.5, 0.6) is 5.75 Å². The Morgan fingerprint density at radius 2 is 1.96 bits per heavy atom. The fourth-order valence-corrected chi connectivity index (χ4v) is 4.49. The van der Waals surface area contributed by atoms with E-state index in [1.165, 1.54) is 7.05 Å². The molecule has 0 spiro atoms. The molecule has 1 aliphatic carbocycles. The van der Waals surface area contributed by atoms with Crippen LogP contribution in [0.25, 0.3) is 0 Å². The molecule has 4 nitrogen and oxygen atoms in total. The van der Waals surface area contributed by atoms with Gasteiger partial charge in [0.1, 0.15) is 12.2 Å². The van der Waals surface area contributed by atoms with Gasteiger partial charge in [0.05, 0.1) is 3.57 Å². The number of fused-ring (bicyclic) bond motifs is 1. The van der Waals surface area contributed by atoms with Gasteiger partial charge in [0.15, 0.2) is 11.6 Å². The van der Waals surface area contributed by atoms with E-state index in [9.17, 15) is 4.79 Å². The van der Waals surface area contributed by atoms with Gasteiger partial charge in [0, 0.05) is 18.0 Å². The number of hydrogen-bond donors (Lipinski definition) is 1. The van der Waals surface area contributed by atoms with E-state index in [1.807, 2.05) is 57.2 Å². The van der Waals surface area contributed by atoms with Crippen molar-refractivity contribution in [3.05, 3.63) is 62.5 Å². The molecule has 1 aliphatic rings.